The maximum Gasteiger partial charge on any atom is 0.416 e. The first-order valence-electron chi connectivity index (χ1n) is 11.6. The lowest BCUT2D eigenvalue weighted by Gasteiger charge is -2.31. The number of ether oxygens (including phenoxy) is 1. The van der Waals surface area contributed by atoms with E-state index in [1.165, 1.54) is 25.0 Å². The lowest BCUT2D eigenvalue weighted by atomic mass is 10.1. The van der Waals surface area contributed by atoms with Crippen LogP contribution in [0.15, 0.2) is 48.5 Å². The van der Waals surface area contributed by atoms with Crippen molar-refractivity contribution < 1.29 is 35.9 Å². The number of anilines is 1. The minimum absolute atomic E-state index is 0.0570. The van der Waals surface area contributed by atoms with Crippen LogP contribution in [0.1, 0.15) is 37.8 Å². The summed E-state index contributed by atoms with van der Waals surface area (Å²) in [5.41, 5.74) is -0.749. The molecule has 0 aromatic heterocycles. The van der Waals surface area contributed by atoms with Crippen LogP contribution in [-0.2, 0) is 32.3 Å². The Labute approximate surface area is 215 Å². The van der Waals surface area contributed by atoms with Gasteiger partial charge in [0.15, 0.2) is 0 Å². The summed E-state index contributed by atoms with van der Waals surface area (Å²) in [6, 6.07) is 9.53. The van der Waals surface area contributed by atoms with Crippen molar-refractivity contribution in [3.63, 3.8) is 0 Å². The van der Waals surface area contributed by atoms with Crippen LogP contribution in [0.4, 0.5) is 18.9 Å². The van der Waals surface area contributed by atoms with Crippen molar-refractivity contribution in [2.75, 3.05) is 30.8 Å². The van der Waals surface area contributed by atoms with E-state index in [0.29, 0.717) is 28.2 Å². The summed E-state index contributed by atoms with van der Waals surface area (Å²) >= 11 is 0. The molecule has 0 radical (unpaired) electrons. The van der Waals surface area contributed by atoms with Crippen LogP contribution in [0.3, 0.4) is 0 Å². The number of halogens is 3. The molecule has 204 valence electrons. The third kappa shape index (κ3) is 8.66. The van der Waals surface area contributed by atoms with Crippen molar-refractivity contribution in [3.8, 4) is 5.75 Å². The molecule has 0 aliphatic rings. The minimum atomic E-state index is -4.70. The molecule has 2 amide bonds. The van der Waals surface area contributed by atoms with Gasteiger partial charge in [-0.2, -0.15) is 13.2 Å². The number of sulfonamides is 1. The van der Waals surface area contributed by atoms with Gasteiger partial charge in [0, 0.05) is 13.1 Å². The maximum absolute atomic E-state index is 13.5. The molecular weight excluding hydrogens is 511 g/mol. The molecule has 0 aliphatic carbocycles. The number of nitrogens with zero attached hydrogens (tertiary/aromatic N) is 2. The second-order valence-electron chi connectivity index (χ2n) is 8.51. The lowest BCUT2D eigenvalue weighted by molar-refractivity contribution is -0.139. The Hall–Kier alpha value is -3.28. The number of carbonyl (C=O) groups is 2. The number of nitrogens with one attached hydrogen (secondary N) is 1. The fraction of sp³-hybridized carbons (Fsp3) is 0.440. The molecule has 0 saturated heterocycles. The van der Waals surface area contributed by atoms with Gasteiger partial charge in [0.2, 0.25) is 21.8 Å². The number of hydrogen-bond acceptors (Lipinski definition) is 5. The minimum Gasteiger partial charge on any atom is -0.497 e. The monoisotopic (exact) mass is 543 g/mol. The number of methoxy groups -OCH3 is 1. The maximum atomic E-state index is 13.5. The van der Waals surface area contributed by atoms with Gasteiger partial charge in [0.1, 0.15) is 18.3 Å². The van der Waals surface area contributed by atoms with Crippen LogP contribution in [-0.4, -0.2) is 57.6 Å². The predicted molar refractivity (Wildman–Crippen MR) is 135 cm³/mol. The number of amides is 2. The highest BCUT2D eigenvalue weighted by Gasteiger charge is 2.33. The van der Waals surface area contributed by atoms with Gasteiger partial charge >= 0.3 is 6.18 Å². The van der Waals surface area contributed by atoms with E-state index in [9.17, 15) is 31.2 Å². The number of rotatable bonds is 12. The topological polar surface area (TPSA) is 96.0 Å². The first kappa shape index (κ1) is 29.9. The predicted octanol–water partition coefficient (Wildman–Crippen LogP) is 3.81. The second kappa shape index (κ2) is 12.8. The normalized spacial score (nSPS) is 12.5. The van der Waals surface area contributed by atoms with Crippen molar-refractivity contribution in [2.45, 2.75) is 45.5 Å². The smallest absolute Gasteiger partial charge is 0.416 e. The van der Waals surface area contributed by atoms with Gasteiger partial charge < -0.3 is 15.0 Å². The zero-order chi connectivity index (χ0) is 27.8. The number of carbonyl (C=O) groups excluding carboxylic acids is 2. The van der Waals surface area contributed by atoms with Crippen LogP contribution >= 0.6 is 0 Å². The van der Waals surface area contributed by atoms with Crippen LogP contribution in [0.2, 0.25) is 0 Å². The number of unbranched alkanes of at least 4 members (excludes halogenated alkanes) is 1. The largest absolute Gasteiger partial charge is 0.497 e. The van der Waals surface area contributed by atoms with Crippen molar-refractivity contribution in [1.82, 2.24) is 10.2 Å². The third-order valence-electron chi connectivity index (χ3n) is 5.62. The van der Waals surface area contributed by atoms with Crippen LogP contribution < -0.4 is 14.4 Å². The number of hydrogen-bond donors (Lipinski definition) is 1. The standard InChI is InChI=1S/C25H32F3N3O5S/c1-5-6-13-29-24(33)18(2)30(16-19-9-7-12-22(14-19)36-3)23(32)17-31(37(4,34)35)21-11-8-10-20(15-21)25(26,27)28/h7-12,14-15,18H,5-6,13,16-17H2,1-4H3,(H,29,33). The molecule has 1 unspecified atom stereocenters. The average Bonchev–Trinajstić information content (AvgIpc) is 2.84. The lowest BCUT2D eigenvalue weighted by Crippen LogP contribution is -2.51. The number of benzene rings is 2. The van der Waals surface area contributed by atoms with E-state index in [-0.39, 0.29) is 12.2 Å². The number of alkyl halides is 3. The Bertz CT molecular complexity index is 1190. The molecule has 0 bridgehead atoms. The van der Waals surface area contributed by atoms with Crippen LogP contribution in [0.5, 0.6) is 5.75 Å². The van der Waals surface area contributed by atoms with Crippen molar-refractivity contribution in [2.24, 2.45) is 0 Å². The van der Waals surface area contributed by atoms with Gasteiger partial charge in [-0.15, -0.1) is 0 Å². The molecule has 0 spiro atoms. The molecule has 12 heteroatoms. The van der Waals surface area contributed by atoms with E-state index in [4.69, 9.17) is 4.74 Å². The quantitative estimate of drug-likeness (QED) is 0.411. The Kier molecular flexibility index (Phi) is 10.4. The highest BCUT2D eigenvalue weighted by molar-refractivity contribution is 7.92. The summed E-state index contributed by atoms with van der Waals surface area (Å²) in [6.45, 7) is 3.02. The molecule has 0 saturated carbocycles. The zero-order valence-corrected chi connectivity index (χ0v) is 22.0. The van der Waals surface area contributed by atoms with E-state index >= 15 is 0 Å². The van der Waals surface area contributed by atoms with E-state index in [2.05, 4.69) is 5.32 Å². The van der Waals surface area contributed by atoms with Gasteiger partial charge in [0.05, 0.1) is 24.6 Å². The SMILES string of the molecule is CCCCNC(=O)C(C)N(Cc1cccc(OC)c1)C(=O)CN(c1cccc(C(F)(F)F)c1)S(C)(=O)=O. The Morgan fingerprint density at radius 3 is 2.38 bits per heavy atom. The highest BCUT2D eigenvalue weighted by Crippen LogP contribution is 2.32. The molecule has 8 nitrogen and oxygen atoms in total. The molecular formula is C25H32F3N3O5S. The molecule has 0 heterocycles. The molecule has 1 N–H and O–H groups in total. The average molecular weight is 544 g/mol. The van der Waals surface area contributed by atoms with E-state index < -0.39 is 46.2 Å². The summed E-state index contributed by atoms with van der Waals surface area (Å²) in [6.07, 6.45) is -2.32. The Morgan fingerprint density at radius 2 is 1.78 bits per heavy atom. The summed E-state index contributed by atoms with van der Waals surface area (Å²) in [5.74, 6) is -0.676. The van der Waals surface area contributed by atoms with Crippen LogP contribution in [0, 0.1) is 0 Å². The van der Waals surface area contributed by atoms with Gasteiger partial charge in [-0.05, 0) is 49.2 Å². The third-order valence-corrected chi connectivity index (χ3v) is 6.77. The van der Waals surface area contributed by atoms with Crippen LogP contribution in [0.25, 0.3) is 0 Å². The summed E-state index contributed by atoms with van der Waals surface area (Å²) < 4.78 is 70.7. The first-order valence-corrected chi connectivity index (χ1v) is 13.5. The van der Waals surface area contributed by atoms with E-state index in [1.807, 2.05) is 6.92 Å². The van der Waals surface area contributed by atoms with E-state index in [1.54, 1.807) is 24.3 Å². The van der Waals surface area contributed by atoms with Gasteiger partial charge in [-0.3, -0.25) is 13.9 Å². The highest BCUT2D eigenvalue weighted by atomic mass is 32.2. The summed E-state index contributed by atoms with van der Waals surface area (Å²) in [5, 5.41) is 2.75. The molecule has 2 aromatic carbocycles. The fourth-order valence-electron chi connectivity index (χ4n) is 3.54. The van der Waals surface area contributed by atoms with Crippen molar-refractivity contribution in [3.05, 3.63) is 59.7 Å². The van der Waals surface area contributed by atoms with Crippen molar-refractivity contribution in [1.29, 1.82) is 0 Å². The van der Waals surface area contributed by atoms with E-state index in [0.717, 1.165) is 31.2 Å². The molecule has 0 aliphatic heterocycles. The van der Waals surface area contributed by atoms with Crippen molar-refractivity contribution >= 4 is 27.5 Å². The molecule has 1 atom stereocenters. The molecule has 0 fully saturated rings. The first-order chi connectivity index (χ1) is 17.3. The van der Waals surface area contributed by atoms with Gasteiger partial charge in [-0.25, -0.2) is 8.42 Å². The molecule has 2 aromatic rings. The second-order valence-corrected chi connectivity index (χ2v) is 10.4. The zero-order valence-electron chi connectivity index (χ0n) is 21.2. The molecule has 37 heavy (non-hydrogen) atoms. The Morgan fingerprint density at radius 1 is 1.11 bits per heavy atom. The Balaban J connectivity index is 2.42. The summed E-state index contributed by atoms with van der Waals surface area (Å²) in [4.78, 5) is 27.5. The fourth-order valence-corrected chi connectivity index (χ4v) is 4.38. The van der Waals surface area contributed by atoms with Gasteiger partial charge in [-0.1, -0.05) is 31.5 Å². The molecule has 2 rings (SSSR count). The van der Waals surface area contributed by atoms with Gasteiger partial charge in [0.25, 0.3) is 0 Å². The summed E-state index contributed by atoms with van der Waals surface area (Å²) in [7, 11) is -2.68.